The van der Waals surface area contributed by atoms with Gasteiger partial charge in [-0.25, -0.2) is 4.39 Å². The van der Waals surface area contributed by atoms with Crippen molar-refractivity contribution in [3.63, 3.8) is 0 Å². The third kappa shape index (κ3) is 2.69. The van der Waals surface area contributed by atoms with Crippen molar-refractivity contribution in [1.29, 1.82) is 5.26 Å². The molecule has 0 spiro atoms. The molecule has 1 heterocycles. The van der Waals surface area contributed by atoms with Crippen molar-refractivity contribution >= 4 is 17.8 Å². The van der Waals surface area contributed by atoms with Crippen molar-refractivity contribution in [2.75, 3.05) is 5.88 Å². The van der Waals surface area contributed by atoms with Crippen LogP contribution in [-0.2, 0) is 0 Å². The Kier molecular flexibility index (Phi) is 3.75. The summed E-state index contributed by atoms with van der Waals surface area (Å²) in [7, 11) is 0. The van der Waals surface area contributed by atoms with Crippen LogP contribution >= 0.6 is 11.9 Å². The van der Waals surface area contributed by atoms with Gasteiger partial charge >= 0.3 is 0 Å². The van der Waals surface area contributed by atoms with E-state index in [-0.39, 0.29) is 11.7 Å². The zero-order chi connectivity index (χ0) is 14.7. The lowest BCUT2D eigenvalue weighted by Crippen LogP contribution is -2.29. The standard InChI is InChI=1S/C15H10FN3OS/c16-13-7-3-1-5-11(13)12-6-2-4-8-14(12)20-19-10-21-18-15(19)9-17/h1-8H,10H2. The highest BCUT2D eigenvalue weighted by Gasteiger charge is 2.21. The molecule has 6 heteroatoms. The molecule has 0 amide bonds. The molecule has 0 fully saturated rings. The van der Waals surface area contributed by atoms with Gasteiger partial charge < -0.3 is 4.84 Å². The highest BCUT2D eigenvalue weighted by Crippen LogP contribution is 2.33. The molecule has 1 aliphatic rings. The molecule has 3 rings (SSSR count). The summed E-state index contributed by atoms with van der Waals surface area (Å²) in [5.74, 6) is 0.781. The van der Waals surface area contributed by atoms with Crippen molar-refractivity contribution in [3.05, 3.63) is 54.3 Å². The van der Waals surface area contributed by atoms with Crippen molar-refractivity contribution in [3.8, 4) is 22.9 Å². The minimum atomic E-state index is -0.321. The number of para-hydroxylation sites is 1. The van der Waals surface area contributed by atoms with Gasteiger partial charge in [0.1, 0.15) is 17.8 Å². The molecule has 0 unspecified atom stereocenters. The van der Waals surface area contributed by atoms with Crippen LogP contribution in [-0.4, -0.2) is 16.8 Å². The van der Waals surface area contributed by atoms with Crippen LogP contribution in [0.15, 0.2) is 52.9 Å². The van der Waals surface area contributed by atoms with Crippen LogP contribution in [0.5, 0.6) is 5.75 Å². The number of amidine groups is 1. The Balaban J connectivity index is 1.96. The fourth-order valence-electron chi connectivity index (χ4n) is 1.96. The first-order valence-electron chi connectivity index (χ1n) is 6.19. The predicted molar refractivity (Wildman–Crippen MR) is 79.8 cm³/mol. The number of hydrogen-bond acceptors (Lipinski definition) is 5. The zero-order valence-electron chi connectivity index (χ0n) is 10.9. The van der Waals surface area contributed by atoms with E-state index in [1.807, 2.05) is 12.1 Å². The average Bonchev–Trinajstić information content (AvgIpc) is 2.96. The molecule has 2 aromatic rings. The molecule has 0 N–H and O–H groups in total. The van der Waals surface area contributed by atoms with E-state index in [0.29, 0.717) is 22.8 Å². The molecule has 0 bridgehead atoms. The highest BCUT2D eigenvalue weighted by atomic mass is 32.2. The molecule has 1 aliphatic heterocycles. The Morgan fingerprint density at radius 1 is 1.14 bits per heavy atom. The van der Waals surface area contributed by atoms with Gasteiger partial charge in [-0.2, -0.15) is 14.7 Å². The molecule has 0 aliphatic carbocycles. The largest absolute Gasteiger partial charge is 0.376 e. The molecule has 2 aromatic carbocycles. The smallest absolute Gasteiger partial charge is 0.249 e. The number of hydrogen-bond donors (Lipinski definition) is 0. The fraction of sp³-hybridized carbons (Fsp3) is 0.0667. The molecular formula is C15H10FN3OS. The van der Waals surface area contributed by atoms with E-state index >= 15 is 0 Å². The minimum absolute atomic E-state index is 0.198. The van der Waals surface area contributed by atoms with Gasteiger partial charge in [0.05, 0.1) is 0 Å². The third-order valence-electron chi connectivity index (χ3n) is 2.92. The van der Waals surface area contributed by atoms with E-state index in [1.165, 1.54) is 23.1 Å². The number of halogens is 1. The van der Waals surface area contributed by atoms with Gasteiger partial charge in [-0.1, -0.05) is 36.4 Å². The maximum absolute atomic E-state index is 14.0. The average molecular weight is 299 g/mol. The quantitative estimate of drug-likeness (QED) is 0.812. The van der Waals surface area contributed by atoms with Crippen LogP contribution in [0.2, 0.25) is 0 Å². The van der Waals surface area contributed by atoms with Gasteiger partial charge in [0.15, 0.2) is 5.75 Å². The Bertz CT molecular complexity index is 742. The van der Waals surface area contributed by atoms with Gasteiger partial charge in [-0.05, 0) is 12.1 Å². The van der Waals surface area contributed by atoms with Crippen LogP contribution in [0.4, 0.5) is 4.39 Å². The summed E-state index contributed by atoms with van der Waals surface area (Å²) >= 11 is 1.23. The van der Waals surface area contributed by atoms with Gasteiger partial charge in [-0.3, -0.25) is 0 Å². The second-order valence-corrected chi connectivity index (χ2v) is 4.93. The van der Waals surface area contributed by atoms with Gasteiger partial charge in [-0.15, -0.1) is 0 Å². The lowest BCUT2D eigenvalue weighted by molar-refractivity contribution is 0.0458. The third-order valence-corrected chi connectivity index (χ3v) is 3.57. The maximum Gasteiger partial charge on any atom is 0.249 e. The molecule has 0 aromatic heterocycles. The lowest BCUT2D eigenvalue weighted by atomic mass is 10.0. The Hall–Kier alpha value is -2.52. The number of rotatable bonds is 3. The van der Waals surface area contributed by atoms with E-state index in [2.05, 4.69) is 4.40 Å². The predicted octanol–water partition coefficient (Wildman–Crippen LogP) is 3.63. The Morgan fingerprint density at radius 2 is 1.86 bits per heavy atom. The van der Waals surface area contributed by atoms with Crippen LogP contribution < -0.4 is 4.84 Å². The van der Waals surface area contributed by atoms with Gasteiger partial charge in [0.25, 0.3) is 0 Å². The summed E-state index contributed by atoms with van der Waals surface area (Å²) in [5.41, 5.74) is 1.08. The molecule has 0 saturated carbocycles. The van der Waals surface area contributed by atoms with E-state index in [1.54, 1.807) is 36.4 Å². The first-order chi connectivity index (χ1) is 10.3. The second kappa shape index (κ2) is 5.85. The Morgan fingerprint density at radius 3 is 2.62 bits per heavy atom. The van der Waals surface area contributed by atoms with Crippen LogP contribution in [0.1, 0.15) is 0 Å². The Labute approximate surface area is 125 Å². The number of benzene rings is 2. The molecular weight excluding hydrogens is 289 g/mol. The normalized spacial score (nSPS) is 13.7. The molecule has 0 radical (unpaired) electrons. The van der Waals surface area contributed by atoms with Gasteiger partial charge in [0.2, 0.25) is 5.84 Å². The zero-order valence-corrected chi connectivity index (χ0v) is 11.7. The minimum Gasteiger partial charge on any atom is -0.376 e. The van der Waals surface area contributed by atoms with E-state index < -0.39 is 0 Å². The molecule has 4 nitrogen and oxygen atoms in total. The van der Waals surface area contributed by atoms with E-state index in [9.17, 15) is 4.39 Å². The lowest BCUT2D eigenvalue weighted by Gasteiger charge is -2.18. The molecule has 21 heavy (non-hydrogen) atoms. The summed E-state index contributed by atoms with van der Waals surface area (Å²) in [4.78, 5) is 5.71. The first-order valence-corrected chi connectivity index (χ1v) is 7.13. The number of hydroxylamine groups is 2. The van der Waals surface area contributed by atoms with E-state index in [4.69, 9.17) is 10.1 Å². The SMILES string of the molecule is N#CC1=NSCN1Oc1ccccc1-c1ccccc1F. The molecule has 0 atom stereocenters. The van der Waals surface area contributed by atoms with Crippen molar-refractivity contribution < 1.29 is 9.23 Å². The molecule has 104 valence electrons. The van der Waals surface area contributed by atoms with E-state index in [0.717, 1.165) is 0 Å². The van der Waals surface area contributed by atoms with Gasteiger partial charge in [0, 0.05) is 23.1 Å². The molecule has 0 saturated heterocycles. The van der Waals surface area contributed by atoms with Crippen molar-refractivity contribution in [1.82, 2.24) is 5.06 Å². The summed E-state index contributed by atoms with van der Waals surface area (Å²) in [6, 6.07) is 15.6. The summed E-state index contributed by atoms with van der Waals surface area (Å²) in [6.45, 7) is 0. The highest BCUT2D eigenvalue weighted by molar-refractivity contribution is 7.98. The van der Waals surface area contributed by atoms with Crippen LogP contribution in [0.25, 0.3) is 11.1 Å². The van der Waals surface area contributed by atoms with Crippen LogP contribution in [0, 0.1) is 17.1 Å². The summed E-state index contributed by atoms with van der Waals surface area (Å²) < 4.78 is 17.9. The summed E-state index contributed by atoms with van der Waals surface area (Å²) in [6.07, 6.45) is 0. The van der Waals surface area contributed by atoms with Crippen LogP contribution in [0.3, 0.4) is 0 Å². The summed E-state index contributed by atoms with van der Waals surface area (Å²) in [5, 5.41) is 10.4. The fourth-order valence-corrected chi connectivity index (χ4v) is 2.55. The number of nitrogens with zero attached hydrogens (tertiary/aromatic N) is 3. The van der Waals surface area contributed by atoms with Crippen molar-refractivity contribution in [2.24, 2.45) is 4.40 Å². The maximum atomic E-state index is 14.0. The monoisotopic (exact) mass is 299 g/mol. The number of nitriles is 1. The first kappa shape index (κ1) is 13.5. The van der Waals surface area contributed by atoms with Crippen molar-refractivity contribution in [2.45, 2.75) is 0 Å². The topological polar surface area (TPSA) is 48.6 Å². The second-order valence-electron chi connectivity index (χ2n) is 4.23.